The Bertz CT molecular complexity index is 500. The number of carbonyl (C=O) groups is 2. The van der Waals surface area contributed by atoms with Gasteiger partial charge in [-0.25, -0.2) is 0 Å². The normalized spacial score (nSPS) is 10.1. The molecule has 1 aromatic carbocycles. The lowest BCUT2D eigenvalue weighted by Crippen LogP contribution is -2.17. The first-order valence-electron chi connectivity index (χ1n) is 6.59. The van der Waals surface area contributed by atoms with Gasteiger partial charge in [-0.3, -0.25) is 19.7 Å². The number of hydrogen-bond donors (Lipinski definition) is 1. The van der Waals surface area contributed by atoms with Gasteiger partial charge in [0.25, 0.3) is 5.69 Å². The molecule has 1 N–H and O–H groups in total. The summed E-state index contributed by atoms with van der Waals surface area (Å²) in [5.41, 5.74) is -0.0665. The molecule has 6 heteroatoms. The minimum atomic E-state index is -0.571. The van der Waals surface area contributed by atoms with E-state index < -0.39 is 10.8 Å². The average molecular weight is 278 g/mol. The Morgan fingerprint density at radius 2 is 1.95 bits per heavy atom. The van der Waals surface area contributed by atoms with Gasteiger partial charge in [0, 0.05) is 12.5 Å². The largest absolute Gasteiger partial charge is 0.320 e. The Labute approximate surface area is 117 Å². The van der Waals surface area contributed by atoms with Crippen molar-refractivity contribution in [2.75, 3.05) is 5.32 Å². The number of unbranched alkanes of at least 4 members (excludes halogenated alkanes) is 2. The molecule has 0 bridgehead atoms. The van der Waals surface area contributed by atoms with Crippen molar-refractivity contribution in [1.82, 2.24) is 0 Å². The van der Waals surface area contributed by atoms with Crippen molar-refractivity contribution in [3.05, 3.63) is 34.4 Å². The number of Topliss-reactive ketones (excluding diaryl/α,β-unsaturated/α-hetero) is 1. The molecule has 1 rings (SSSR count). The van der Waals surface area contributed by atoms with Crippen LogP contribution in [0.4, 0.5) is 11.4 Å². The maximum Gasteiger partial charge on any atom is 0.292 e. The topological polar surface area (TPSA) is 89.3 Å². The van der Waals surface area contributed by atoms with Gasteiger partial charge in [-0.05, 0) is 12.5 Å². The Kier molecular flexibility index (Phi) is 6.36. The Balaban J connectivity index is 2.54. The van der Waals surface area contributed by atoms with Crippen molar-refractivity contribution in [2.24, 2.45) is 0 Å². The van der Waals surface area contributed by atoms with Crippen LogP contribution in [0.5, 0.6) is 0 Å². The molecule has 0 fully saturated rings. The molecule has 0 aliphatic heterocycles. The zero-order valence-corrected chi connectivity index (χ0v) is 11.4. The highest BCUT2D eigenvalue weighted by atomic mass is 16.6. The second kappa shape index (κ2) is 8.04. The van der Waals surface area contributed by atoms with Crippen molar-refractivity contribution in [2.45, 2.75) is 39.0 Å². The number of nitro groups is 1. The summed E-state index contributed by atoms with van der Waals surface area (Å²) < 4.78 is 0. The van der Waals surface area contributed by atoms with Crippen LogP contribution in [0.25, 0.3) is 0 Å². The van der Waals surface area contributed by atoms with Gasteiger partial charge in [-0.2, -0.15) is 0 Å². The molecule has 6 nitrogen and oxygen atoms in total. The minimum absolute atomic E-state index is 0.115. The molecule has 0 unspecified atom stereocenters. The molecule has 0 aliphatic rings. The molecule has 108 valence electrons. The van der Waals surface area contributed by atoms with Crippen LogP contribution in [0.3, 0.4) is 0 Å². The number of nitro benzene ring substituents is 1. The number of nitrogens with zero attached hydrogens (tertiary/aromatic N) is 1. The van der Waals surface area contributed by atoms with Crippen molar-refractivity contribution in [3.8, 4) is 0 Å². The number of anilines is 1. The molecule has 0 aliphatic carbocycles. The van der Waals surface area contributed by atoms with E-state index in [9.17, 15) is 19.7 Å². The Morgan fingerprint density at radius 3 is 2.60 bits per heavy atom. The third kappa shape index (κ3) is 5.17. The van der Waals surface area contributed by atoms with Gasteiger partial charge in [0.05, 0.1) is 11.3 Å². The molecular weight excluding hydrogens is 260 g/mol. The molecular formula is C14H18N2O4. The highest BCUT2D eigenvalue weighted by Crippen LogP contribution is 2.23. The summed E-state index contributed by atoms with van der Waals surface area (Å²) in [4.78, 5) is 33.4. The van der Waals surface area contributed by atoms with E-state index in [0.717, 1.165) is 19.3 Å². The van der Waals surface area contributed by atoms with Gasteiger partial charge in [-0.1, -0.05) is 31.9 Å². The van der Waals surface area contributed by atoms with E-state index in [1.165, 1.54) is 18.2 Å². The first-order chi connectivity index (χ1) is 9.54. The van der Waals surface area contributed by atoms with Crippen LogP contribution in [-0.4, -0.2) is 16.6 Å². The molecule has 1 amide bonds. The molecule has 1 aromatic rings. The van der Waals surface area contributed by atoms with Crippen molar-refractivity contribution < 1.29 is 14.5 Å². The van der Waals surface area contributed by atoms with Crippen LogP contribution >= 0.6 is 0 Å². The van der Waals surface area contributed by atoms with Crippen LogP contribution in [0, 0.1) is 10.1 Å². The summed E-state index contributed by atoms with van der Waals surface area (Å²) in [6.45, 7) is 2.03. The quantitative estimate of drug-likeness (QED) is 0.342. The van der Waals surface area contributed by atoms with Gasteiger partial charge >= 0.3 is 0 Å². The highest BCUT2D eigenvalue weighted by Gasteiger charge is 2.16. The Hall–Kier alpha value is -2.24. The first-order valence-corrected chi connectivity index (χ1v) is 6.59. The van der Waals surface area contributed by atoms with E-state index in [4.69, 9.17) is 0 Å². The molecule has 0 saturated carbocycles. The molecule has 0 aromatic heterocycles. The third-order valence-corrected chi connectivity index (χ3v) is 2.79. The van der Waals surface area contributed by atoms with E-state index in [0.29, 0.717) is 6.42 Å². The lowest BCUT2D eigenvalue weighted by atomic mass is 10.1. The molecule has 0 radical (unpaired) electrons. The SMILES string of the molecule is CCCCCC(=O)CC(=O)Nc1ccccc1[N+](=O)[O-]. The minimum Gasteiger partial charge on any atom is -0.320 e. The van der Waals surface area contributed by atoms with E-state index in [-0.39, 0.29) is 23.6 Å². The Morgan fingerprint density at radius 1 is 1.25 bits per heavy atom. The van der Waals surface area contributed by atoms with Crippen LogP contribution < -0.4 is 5.32 Å². The van der Waals surface area contributed by atoms with E-state index >= 15 is 0 Å². The number of ketones is 1. The van der Waals surface area contributed by atoms with E-state index in [1.807, 2.05) is 6.92 Å². The van der Waals surface area contributed by atoms with Crippen LogP contribution in [0.1, 0.15) is 39.0 Å². The second-order valence-electron chi connectivity index (χ2n) is 4.49. The van der Waals surface area contributed by atoms with E-state index in [2.05, 4.69) is 5.32 Å². The first kappa shape index (κ1) is 15.8. The molecule has 0 heterocycles. The maximum atomic E-state index is 11.7. The van der Waals surface area contributed by atoms with Crippen molar-refractivity contribution >= 4 is 23.1 Å². The second-order valence-corrected chi connectivity index (χ2v) is 4.49. The van der Waals surface area contributed by atoms with E-state index in [1.54, 1.807) is 6.07 Å². The lowest BCUT2D eigenvalue weighted by Gasteiger charge is -2.05. The number of benzene rings is 1. The zero-order chi connectivity index (χ0) is 15.0. The third-order valence-electron chi connectivity index (χ3n) is 2.79. The van der Waals surface area contributed by atoms with Gasteiger partial charge in [0.1, 0.15) is 11.5 Å². The number of nitrogens with one attached hydrogen (secondary N) is 1. The summed E-state index contributed by atoms with van der Waals surface area (Å²) in [6.07, 6.45) is 2.87. The summed E-state index contributed by atoms with van der Waals surface area (Å²) in [5, 5.41) is 13.2. The standard InChI is InChI=1S/C14H18N2O4/c1-2-3-4-7-11(17)10-14(18)15-12-8-5-6-9-13(12)16(19)20/h5-6,8-9H,2-4,7,10H2,1H3,(H,15,18). The monoisotopic (exact) mass is 278 g/mol. The summed E-state index contributed by atoms with van der Waals surface area (Å²) in [6, 6.07) is 5.85. The maximum absolute atomic E-state index is 11.7. The number of carbonyl (C=O) groups excluding carboxylic acids is 2. The summed E-state index contributed by atoms with van der Waals surface area (Å²) in [5.74, 6) is -0.657. The predicted molar refractivity (Wildman–Crippen MR) is 75.5 cm³/mol. The van der Waals surface area contributed by atoms with Crippen molar-refractivity contribution in [3.63, 3.8) is 0 Å². The number of rotatable bonds is 8. The molecule has 20 heavy (non-hydrogen) atoms. The van der Waals surface area contributed by atoms with Gasteiger partial charge in [0.15, 0.2) is 0 Å². The lowest BCUT2D eigenvalue weighted by molar-refractivity contribution is -0.383. The van der Waals surface area contributed by atoms with Crippen molar-refractivity contribution in [1.29, 1.82) is 0 Å². The summed E-state index contributed by atoms with van der Waals surface area (Å²) in [7, 11) is 0. The van der Waals surface area contributed by atoms with Crippen LogP contribution in [0.2, 0.25) is 0 Å². The highest BCUT2D eigenvalue weighted by molar-refractivity contribution is 6.05. The van der Waals surface area contributed by atoms with Gasteiger partial charge in [0.2, 0.25) is 5.91 Å². The van der Waals surface area contributed by atoms with Crippen LogP contribution in [0.15, 0.2) is 24.3 Å². The number of hydrogen-bond acceptors (Lipinski definition) is 4. The smallest absolute Gasteiger partial charge is 0.292 e. The van der Waals surface area contributed by atoms with Gasteiger partial charge in [-0.15, -0.1) is 0 Å². The molecule has 0 atom stereocenters. The number of para-hydroxylation sites is 2. The summed E-state index contributed by atoms with van der Waals surface area (Å²) >= 11 is 0. The zero-order valence-electron chi connectivity index (χ0n) is 11.4. The average Bonchev–Trinajstić information content (AvgIpc) is 2.39. The molecule has 0 spiro atoms. The number of amides is 1. The predicted octanol–water partition coefficient (Wildman–Crippen LogP) is 3.07. The molecule has 0 saturated heterocycles. The fourth-order valence-corrected chi connectivity index (χ4v) is 1.77. The fraction of sp³-hybridized carbons (Fsp3) is 0.429. The van der Waals surface area contributed by atoms with Crippen LogP contribution in [-0.2, 0) is 9.59 Å². The fourth-order valence-electron chi connectivity index (χ4n) is 1.77. The van der Waals surface area contributed by atoms with Gasteiger partial charge < -0.3 is 5.32 Å².